The van der Waals surface area contributed by atoms with Crippen LogP contribution in [0.25, 0.3) is 0 Å². The summed E-state index contributed by atoms with van der Waals surface area (Å²) >= 11 is 0. The minimum atomic E-state index is -1.72. The molecule has 1 unspecified atom stereocenters. The van der Waals surface area contributed by atoms with Gasteiger partial charge in [0.15, 0.2) is 6.10 Å². The SMILES string of the molecule is CC(C)(C)OC(=O)NN(C(=O)OC(C)(C)C)[C@H](c1ccccc1)C(O)C(=O)NCCN1CCOCC1. The van der Waals surface area contributed by atoms with Gasteiger partial charge in [0.05, 0.1) is 13.2 Å². The summed E-state index contributed by atoms with van der Waals surface area (Å²) in [6.45, 7) is 13.7. The maximum atomic E-state index is 13.2. The van der Waals surface area contributed by atoms with Crippen LogP contribution >= 0.6 is 0 Å². The quantitative estimate of drug-likeness (QED) is 0.478. The van der Waals surface area contributed by atoms with Crippen molar-refractivity contribution in [3.05, 3.63) is 35.9 Å². The van der Waals surface area contributed by atoms with E-state index >= 15 is 0 Å². The Balaban J connectivity index is 2.28. The third-order valence-electron chi connectivity index (χ3n) is 5.02. The molecule has 11 nitrogen and oxygen atoms in total. The van der Waals surface area contributed by atoms with E-state index in [1.807, 2.05) is 0 Å². The topological polar surface area (TPSA) is 130 Å². The zero-order valence-electron chi connectivity index (χ0n) is 22.1. The highest BCUT2D eigenvalue weighted by Gasteiger charge is 2.39. The second kappa shape index (κ2) is 12.9. The maximum absolute atomic E-state index is 13.2. The number of hydrogen-bond acceptors (Lipinski definition) is 8. The lowest BCUT2D eigenvalue weighted by molar-refractivity contribution is -0.134. The second-order valence-electron chi connectivity index (χ2n) is 10.5. The first-order chi connectivity index (χ1) is 16.8. The summed E-state index contributed by atoms with van der Waals surface area (Å²) in [5.41, 5.74) is 1.03. The van der Waals surface area contributed by atoms with Crippen LogP contribution < -0.4 is 10.7 Å². The van der Waals surface area contributed by atoms with Crippen molar-refractivity contribution in [3.8, 4) is 0 Å². The van der Waals surface area contributed by atoms with Gasteiger partial charge in [-0.05, 0) is 47.1 Å². The highest BCUT2D eigenvalue weighted by Crippen LogP contribution is 2.26. The van der Waals surface area contributed by atoms with Crippen LogP contribution in [0.4, 0.5) is 9.59 Å². The van der Waals surface area contributed by atoms with Crippen molar-refractivity contribution < 1.29 is 33.7 Å². The minimum absolute atomic E-state index is 0.295. The van der Waals surface area contributed by atoms with Crippen LogP contribution in [0, 0.1) is 0 Å². The molecule has 1 aromatic rings. The Labute approximate surface area is 213 Å². The molecule has 1 aliphatic rings. The van der Waals surface area contributed by atoms with Crippen molar-refractivity contribution in [2.24, 2.45) is 0 Å². The number of nitrogens with zero attached hydrogens (tertiary/aromatic N) is 2. The zero-order valence-corrected chi connectivity index (χ0v) is 22.1. The lowest BCUT2D eigenvalue weighted by Gasteiger charge is -2.36. The van der Waals surface area contributed by atoms with Gasteiger partial charge in [-0.1, -0.05) is 30.3 Å². The Bertz CT molecular complexity index is 861. The minimum Gasteiger partial charge on any atom is -0.443 e. The molecule has 3 N–H and O–H groups in total. The highest BCUT2D eigenvalue weighted by atomic mass is 16.6. The molecule has 3 amide bonds. The summed E-state index contributed by atoms with van der Waals surface area (Å²) in [5, 5.41) is 14.7. The summed E-state index contributed by atoms with van der Waals surface area (Å²) in [5.74, 6) is -0.698. The molecular weight excluding hydrogens is 468 g/mol. The van der Waals surface area contributed by atoms with E-state index in [0.29, 0.717) is 31.9 Å². The van der Waals surface area contributed by atoms with Crippen LogP contribution in [0.2, 0.25) is 0 Å². The number of aliphatic hydroxyl groups excluding tert-OH is 1. The zero-order chi connectivity index (χ0) is 26.9. The van der Waals surface area contributed by atoms with E-state index in [0.717, 1.165) is 18.1 Å². The number of rotatable bonds is 7. The monoisotopic (exact) mass is 508 g/mol. The van der Waals surface area contributed by atoms with Gasteiger partial charge >= 0.3 is 12.2 Å². The average Bonchev–Trinajstić information content (AvgIpc) is 2.77. The molecule has 1 fully saturated rings. The number of benzene rings is 1. The third-order valence-corrected chi connectivity index (χ3v) is 5.02. The molecular formula is C25H40N4O7. The number of amides is 3. The van der Waals surface area contributed by atoms with Gasteiger partial charge in [0.25, 0.3) is 5.91 Å². The van der Waals surface area contributed by atoms with Crippen molar-refractivity contribution in [2.45, 2.75) is 64.9 Å². The van der Waals surface area contributed by atoms with Crippen LogP contribution in [0.3, 0.4) is 0 Å². The molecule has 0 bridgehead atoms. The molecule has 1 saturated heterocycles. The molecule has 0 aromatic heterocycles. The van der Waals surface area contributed by atoms with E-state index in [4.69, 9.17) is 14.2 Å². The van der Waals surface area contributed by atoms with E-state index < -0.39 is 41.4 Å². The van der Waals surface area contributed by atoms with Crippen molar-refractivity contribution in [1.82, 2.24) is 20.7 Å². The fraction of sp³-hybridized carbons (Fsp3) is 0.640. The lowest BCUT2D eigenvalue weighted by atomic mass is 10.00. The van der Waals surface area contributed by atoms with Crippen LogP contribution in [-0.2, 0) is 19.0 Å². The molecule has 0 saturated carbocycles. The fourth-order valence-corrected chi connectivity index (χ4v) is 3.47. The largest absolute Gasteiger partial charge is 0.443 e. The summed E-state index contributed by atoms with van der Waals surface area (Å²) in [6, 6.07) is 7.15. The average molecular weight is 509 g/mol. The Morgan fingerprint density at radius 2 is 1.61 bits per heavy atom. The van der Waals surface area contributed by atoms with Gasteiger partial charge in [-0.25, -0.2) is 20.0 Å². The summed E-state index contributed by atoms with van der Waals surface area (Å²) in [7, 11) is 0. The molecule has 0 radical (unpaired) electrons. The van der Waals surface area contributed by atoms with Gasteiger partial charge in [0, 0.05) is 26.2 Å². The van der Waals surface area contributed by atoms with E-state index in [-0.39, 0.29) is 0 Å². The van der Waals surface area contributed by atoms with Gasteiger partial charge in [0.2, 0.25) is 0 Å². The van der Waals surface area contributed by atoms with E-state index in [9.17, 15) is 19.5 Å². The first kappa shape index (κ1) is 29.3. The first-order valence-corrected chi connectivity index (χ1v) is 12.1. The Hall–Kier alpha value is -2.89. The van der Waals surface area contributed by atoms with Crippen LogP contribution in [0.15, 0.2) is 30.3 Å². The Morgan fingerprint density at radius 3 is 2.17 bits per heavy atom. The molecule has 0 aliphatic carbocycles. The Morgan fingerprint density at radius 1 is 1.03 bits per heavy atom. The van der Waals surface area contributed by atoms with Gasteiger partial charge in [0.1, 0.15) is 17.2 Å². The predicted molar refractivity (Wildman–Crippen MR) is 133 cm³/mol. The summed E-state index contributed by atoms with van der Waals surface area (Å²) in [6.07, 6.45) is -3.61. The molecule has 1 aliphatic heterocycles. The smallest absolute Gasteiger partial charge is 0.429 e. The van der Waals surface area contributed by atoms with Gasteiger partial charge in [-0.15, -0.1) is 0 Å². The number of hydrazine groups is 1. The van der Waals surface area contributed by atoms with Crippen LogP contribution in [-0.4, -0.2) is 89.8 Å². The molecule has 11 heteroatoms. The van der Waals surface area contributed by atoms with Crippen molar-refractivity contribution >= 4 is 18.1 Å². The number of aliphatic hydroxyl groups is 1. The Kier molecular flexibility index (Phi) is 10.5. The van der Waals surface area contributed by atoms with Gasteiger partial charge in [-0.2, -0.15) is 0 Å². The fourth-order valence-electron chi connectivity index (χ4n) is 3.47. The predicted octanol–water partition coefficient (Wildman–Crippen LogP) is 2.21. The van der Waals surface area contributed by atoms with E-state index in [1.165, 1.54) is 0 Å². The maximum Gasteiger partial charge on any atom is 0.429 e. The highest BCUT2D eigenvalue weighted by molar-refractivity contribution is 5.83. The normalized spacial score (nSPS) is 16.4. The van der Waals surface area contributed by atoms with Crippen molar-refractivity contribution in [2.75, 3.05) is 39.4 Å². The van der Waals surface area contributed by atoms with Crippen LogP contribution in [0.1, 0.15) is 53.1 Å². The number of ether oxygens (including phenoxy) is 3. The molecule has 0 spiro atoms. The van der Waals surface area contributed by atoms with Gasteiger partial charge in [-0.3, -0.25) is 9.69 Å². The number of hydrogen-bond donors (Lipinski definition) is 3. The molecule has 2 atom stereocenters. The molecule has 1 heterocycles. The van der Waals surface area contributed by atoms with E-state index in [2.05, 4.69) is 15.6 Å². The van der Waals surface area contributed by atoms with Crippen LogP contribution in [0.5, 0.6) is 0 Å². The molecule has 36 heavy (non-hydrogen) atoms. The molecule has 202 valence electrons. The second-order valence-corrected chi connectivity index (χ2v) is 10.5. The number of carbonyl (C=O) groups excluding carboxylic acids is 3. The summed E-state index contributed by atoms with van der Waals surface area (Å²) < 4.78 is 16.1. The third kappa shape index (κ3) is 10.00. The standard InChI is InChI=1S/C25H40N4O7/c1-24(2,3)35-22(32)27-29(23(33)36-25(4,5)6)19(18-10-8-7-9-11-18)20(30)21(31)26-12-13-28-14-16-34-17-15-28/h7-11,19-20,30H,12-17H2,1-6H3,(H,26,31)(H,27,32)/t19-,20?/m1/s1. The first-order valence-electron chi connectivity index (χ1n) is 12.1. The number of nitrogens with one attached hydrogen (secondary N) is 2. The van der Waals surface area contributed by atoms with E-state index in [1.54, 1.807) is 71.9 Å². The lowest BCUT2D eigenvalue weighted by Crippen LogP contribution is -2.56. The summed E-state index contributed by atoms with van der Waals surface area (Å²) in [4.78, 5) is 41.0. The van der Waals surface area contributed by atoms with Crippen molar-refractivity contribution in [1.29, 1.82) is 0 Å². The van der Waals surface area contributed by atoms with Crippen molar-refractivity contribution in [3.63, 3.8) is 0 Å². The molecule has 1 aromatic carbocycles. The number of morpholine rings is 1. The van der Waals surface area contributed by atoms with Gasteiger partial charge < -0.3 is 24.6 Å². The molecule has 2 rings (SSSR count). The number of carbonyl (C=O) groups is 3.